The van der Waals surface area contributed by atoms with Crippen molar-refractivity contribution in [2.24, 2.45) is 0 Å². The van der Waals surface area contributed by atoms with Crippen molar-refractivity contribution in [1.29, 1.82) is 0 Å². The Hall–Kier alpha value is -5.56. The molecule has 8 aromatic rings. The summed E-state index contributed by atoms with van der Waals surface area (Å²) in [5, 5.41) is 7.06. The first-order chi connectivity index (χ1) is 25.1. The topological polar surface area (TPSA) is 6.48 Å². The van der Waals surface area contributed by atoms with Gasteiger partial charge < -0.3 is 9.80 Å². The van der Waals surface area contributed by atoms with Crippen molar-refractivity contribution >= 4 is 39.9 Å². The molecular weight excluding hydrogens is 636 g/mol. The predicted molar refractivity (Wildman–Crippen MR) is 221 cm³/mol. The second-order valence-corrected chi connectivity index (χ2v) is 15.8. The zero-order valence-electron chi connectivity index (χ0n) is 29.4. The Morgan fingerprint density at radius 2 is 0.667 bits per heavy atom. The van der Waals surface area contributed by atoms with Crippen LogP contribution in [0.1, 0.15) is 33.4 Å². The normalized spacial score (nSPS) is 11.3. The summed E-state index contributed by atoms with van der Waals surface area (Å²) in [7, 11) is -0.697. The van der Waals surface area contributed by atoms with Crippen molar-refractivity contribution in [3.05, 3.63) is 209 Å². The Balaban J connectivity index is 1.33. The van der Waals surface area contributed by atoms with Gasteiger partial charge in [-0.05, 0) is 87.6 Å². The highest BCUT2D eigenvalue weighted by atomic mass is 31.1. The maximum absolute atomic E-state index is 2.56. The number of benzene rings is 7. The van der Waals surface area contributed by atoms with Gasteiger partial charge in [0.05, 0.1) is 0 Å². The van der Waals surface area contributed by atoms with Crippen LogP contribution in [0.4, 0.5) is 11.4 Å². The van der Waals surface area contributed by atoms with E-state index in [4.69, 9.17) is 0 Å². The van der Waals surface area contributed by atoms with Gasteiger partial charge in [-0.1, -0.05) is 159 Å². The lowest BCUT2D eigenvalue weighted by Crippen LogP contribution is -2.23. The molecule has 0 saturated heterocycles. The number of aryl methyl sites for hydroxylation is 2. The first-order valence-electron chi connectivity index (χ1n) is 17.9. The van der Waals surface area contributed by atoms with Crippen molar-refractivity contribution in [3.63, 3.8) is 0 Å². The molecule has 0 radical (unpaired) electrons. The Morgan fingerprint density at radius 1 is 0.373 bits per heavy atom. The lowest BCUT2D eigenvalue weighted by atomic mass is 10.0. The molecular formula is C48H43N2P. The van der Waals surface area contributed by atoms with Crippen molar-refractivity contribution in [2.75, 3.05) is 9.80 Å². The summed E-state index contributed by atoms with van der Waals surface area (Å²) in [5.74, 6) is 0. The zero-order chi connectivity index (χ0) is 34.6. The van der Waals surface area contributed by atoms with Crippen LogP contribution in [-0.2, 0) is 26.2 Å². The molecule has 1 heterocycles. The molecule has 0 aliphatic carbocycles. The van der Waals surface area contributed by atoms with Crippen molar-refractivity contribution < 1.29 is 0 Å². The minimum atomic E-state index is -0.697. The highest BCUT2D eigenvalue weighted by molar-refractivity contribution is 7.67. The average molecular weight is 679 g/mol. The number of anilines is 2. The van der Waals surface area contributed by atoms with E-state index in [-0.39, 0.29) is 0 Å². The number of fused-ring (bicyclic) bond motifs is 3. The molecule has 0 fully saturated rings. The summed E-state index contributed by atoms with van der Waals surface area (Å²) in [6, 6.07) is 64.8. The maximum Gasteiger partial charge on any atom is 0.0433 e. The second kappa shape index (κ2) is 14.7. The fourth-order valence-corrected chi connectivity index (χ4v) is 10.3. The lowest BCUT2D eigenvalue weighted by Gasteiger charge is -2.28. The highest BCUT2D eigenvalue weighted by Gasteiger charge is 2.21. The molecule has 0 amide bonds. The quantitative estimate of drug-likeness (QED) is 0.134. The van der Waals surface area contributed by atoms with E-state index in [9.17, 15) is 0 Å². The van der Waals surface area contributed by atoms with Gasteiger partial charge in [0.2, 0.25) is 0 Å². The first kappa shape index (κ1) is 32.6. The van der Waals surface area contributed by atoms with Gasteiger partial charge in [-0.3, -0.25) is 0 Å². The zero-order valence-corrected chi connectivity index (χ0v) is 30.3. The van der Waals surface area contributed by atoms with Crippen LogP contribution < -0.4 is 9.80 Å². The summed E-state index contributed by atoms with van der Waals surface area (Å²) >= 11 is 0. The molecule has 8 rings (SSSR count). The molecule has 7 aromatic carbocycles. The van der Waals surface area contributed by atoms with Crippen molar-refractivity contribution in [2.45, 2.75) is 40.0 Å². The van der Waals surface area contributed by atoms with Crippen LogP contribution in [0.3, 0.4) is 0 Å². The Kier molecular flexibility index (Phi) is 9.43. The monoisotopic (exact) mass is 678 g/mol. The van der Waals surface area contributed by atoms with Crippen LogP contribution in [0.5, 0.6) is 0 Å². The van der Waals surface area contributed by atoms with Gasteiger partial charge in [0, 0.05) is 47.8 Å². The van der Waals surface area contributed by atoms with Crippen LogP contribution >= 0.6 is 7.53 Å². The molecule has 51 heavy (non-hydrogen) atoms. The van der Waals surface area contributed by atoms with Gasteiger partial charge in [0.25, 0.3) is 0 Å². The Bertz CT molecular complexity index is 2130. The molecule has 1 aromatic heterocycles. The maximum atomic E-state index is 2.56. The minimum absolute atomic E-state index is 0.697. The third kappa shape index (κ3) is 7.07. The molecule has 0 aliphatic heterocycles. The lowest BCUT2D eigenvalue weighted by molar-refractivity contribution is 0.797. The fraction of sp³-hybridized carbons (Fsp3) is 0.125. The SMILES string of the molecule is Cc1cc2c(cc1N(Cc1ccccc1)Cc1ccccc1)c1cc(N(Cc3ccccc3)Cc3ccccc3)c(C)cc1p2-c1ccccc1. The Morgan fingerprint density at radius 3 is 0.980 bits per heavy atom. The van der Waals surface area contributed by atoms with Crippen LogP contribution in [0, 0.1) is 13.8 Å². The predicted octanol–water partition coefficient (Wildman–Crippen LogP) is 13.0. The van der Waals surface area contributed by atoms with Crippen LogP contribution in [0.25, 0.3) is 26.3 Å². The van der Waals surface area contributed by atoms with E-state index in [0.29, 0.717) is 0 Å². The summed E-state index contributed by atoms with van der Waals surface area (Å²) in [6.07, 6.45) is 0. The van der Waals surface area contributed by atoms with Gasteiger partial charge >= 0.3 is 0 Å². The van der Waals surface area contributed by atoms with Crippen LogP contribution in [0.15, 0.2) is 176 Å². The standard InChI is InChI=1S/C48H43N2P/c1-36-28-47-43(30-45(36)49(32-38-18-8-3-9-19-38)33-39-20-10-4-11-21-39)44-31-46(37(2)29-48(44)51(47)42-26-16-7-17-27-42)50(34-40-22-12-5-13-23-40)35-41-24-14-6-15-25-41/h3-31H,32-35H2,1-2H3. The van der Waals surface area contributed by atoms with E-state index >= 15 is 0 Å². The molecule has 2 nitrogen and oxygen atoms in total. The highest BCUT2D eigenvalue weighted by Crippen LogP contribution is 2.57. The van der Waals surface area contributed by atoms with E-state index in [1.807, 2.05) is 0 Å². The first-order valence-corrected chi connectivity index (χ1v) is 19.3. The average Bonchev–Trinajstić information content (AvgIpc) is 3.47. The number of hydrogen-bond acceptors (Lipinski definition) is 2. The van der Waals surface area contributed by atoms with Crippen LogP contribution in [0.2, 0.25) is 0 Å². The fourth-order valence-electron chi connectivity index (χ4n) is 7.50. The van der Waals surface area contributed by atoms with E-state index in [1.165, 1.54) is 71.1 Å². The molecule has 250 valence electrons. The smallest absolute Gasteiger partial charge is 0.0433 e. The molecule has 0 bridgehead atoms. The summed E-state index contributed by atoms with van der Waals surface area (Å²) < 4.78 is 0. The Labute approximate surface area is 303 Å². The van der Waals surface area contributed by atoms with Crippen molar-refractivity contribution in [1.82, 2.24) is 0 Å². The minimum Gasteiger partial charge on any atom is -0.363 e. The largest absolute Gasteiger partial charge is 0.363 e. The third-order valence-corrected chi connectivity index (χ3v) is 12.5. The van der Waals surface area contributed by atoms with E-state index in [1.54, 1.807) is 0 Å². The van der Waals surface area contributed by atoms with E-state index < -0.39 is 7.53 Å². The number of nitrogens with zero attached hydrogens (tertiary/aromatic N) is 2. The van der Waals surface area contributed by atoms with Gasteiger partial charge in [-0.15, -0.1) is 0 Å². The molecule has 0 aliphatic rings. The molecule has 0 atom stereocenters. The summed E-state index contributed by atoms with van der Waals surface area (Å²) in [4.78, 5) is 5.13. The summed E-state index contributed by atoms with van der Waals surface area (Å²) in [5.41, 5.74) is 10.5. The molecule has 0 N–H and O–H groups in total. The number of rotatable bonds is 11. The van der Waals surface area contributed by atoms with Gasteiger partial charge in [-0.2, -0.15) is 0 Å². The van der Waals surface area contributed by atoms with E-state index in [2.05, 4.69) is 200 Å². The molecule has 0 saturated carbocycles. The van der Waals surface area contributed by atoms with Gasteiger partial charge in [0.1, 0.15) is 0 Å². The molecule has 3 heteroatoms. The van der Waals surface area contributed by atoms with Gasteiger partial charge in [0.15, 0.2) is 0 Å². The van der Waals surface area contributed by atoms with Crippen molar-refractivity contribution in [3.8, 4) is 5.30 Å². The second-order valence-electron chi connectivity index (χ2n) is 13.6. The molecule has 0 unspecified atom stereocenters. The molecule has 0 spiro atoms. The third-order valence-electron chi connectivity index (χ3n) is 9.96. The van der Waals surface area contributed by atoms with Crippen LogP contribution in [-0.4, -0.2) is 0 Å². The summed E-state index contributed by atoms with van der Waals surface area (Å²) in [6.45, 7) is 7.98. The van der Waals surface area contributed by atoms with Gasteiger partial charge in [-0.25, -0.2) is 0 Å². The number of hydrogen-bond donors (Lipinski definition) is 0. The van der Waals surface area contributed by atoms with E-state index in [0.717, 1.165) is 26.2 Å².